The number of hydrogen-bond acceptors (Lipinski definition) is 5. The van der Waals surface area contributed by atoms with Crippen molar-refractivity contribution in [2.24, 2.45) is 0 Å². The molecule has 1 aliphatic heterocycles. The summed E-state index contributed by atoms with van der Waals surface area (Å²) in [6.45, 7) is 0. The Morgan fingerprint density at radius 1 is 1.62 bits per heavy atom. The summed E-state index contributed by atoms with van der Waals surface area (Å²) < 4.78 is 27.1. The number of nitrogens with one attached hydrogen (secondary N) is 1. The maximum atomic E-state index is 11.3. The lowest BCUT2D eigenvalue weighted by Gasteiger charge is -2.01. The number of ether oxygens (including phenoxy) is 1. The Morgan fingerprint density at radius 3 is 2.94 bits per heavy atom. The minimum atomic E-state index is -2.94. The summed E-state index contributed by atoms with van der Waals surface area (Å²) in [4.78, 5) is 18.0. The number of aromatic amines is 1. The van der Waals surface area contributed by atoms with Crippen LogP contribution >= 0.6 is 0 Å². The zero-order valence-corrected chi connectivity index (χ0v) is 9.58. The van der Waals surface area contributed by atoms with E-state index in [9.17, 15) is 13.2 Å². The van der Waals surface area contributed by atoms with E-state index in [0.717, 1.165) is 0 Å². The van der Waals surface area contributed by atoms with Crippen LogP contribution in [0, 0.1) is 0 Å². The third kappa shape index (κ3) is 2.08. The second-order valence-electron chi connectivity index (χ2n) is 3.77. The van der Waals surface area contributed by atoms with E-state index in [2.05, 4.69) is 14.7 Å². The van der Waals surface area contributed by atoms with Crippen LogP contribution in [0.5, 0.6) is 0 Å². The van der Waals surface area contributed by atoms with Crippen LogP contribution in [0.1, 0.15) is 28.7 Å². The topological polar surface area (TPSA) is 89.1 Å². The van der Waals surface area contributed by atoms with Crippen LogP contribution in [0.2, 0.25) is 0 Å². The highest BCUT2D eigenvalue weighted by molar-refractivity contribution is 7.91. The normalized spacial score (nSPS) is 23.2. The third-order valence-electron chi connectivity index (χ3n) is 2.62. The largest absolute Gasteiger partial charge is 0.464 e. The SMILES string of the molecule is COC(=O)c1cnc(C2CCS(=O)(=O)C2)[nH]1. The van der Waals surface area contributed by atoms with Crippen LogP contribution in [0.4, 0.5) is 0 Å². The molecule has 1 aromatic rings. The predicted octanol–water partition coefficient (Wildman–Crippen LogP) is 0.0984. The summed E-state index contributed by atoms with van der Waals surface area (Å²) in [5, 5.41) is 0. The van der Waals surface area contributed by atoms with Crippen LogP contribution in [-0.2, 0) is 14.6 Å². The number of esters is 1. The highest BCUT2D eigenvalue weighted by atomic mass is 32.2. The highest BCUT2D eigenvalue weighted by Gasteiger charge is 2.31. The first-order chi connectivity index (χ1) is 7.52. The van der Waals surface area contributed by atoms with E-state index in [1.165, 1.54) is 13.3 Å². The molecule has 0 saturated carbocycles. The molecule has 1 atom stereocenters. The quantitative estimate of drug-likeness (QED) is 0.745. The summed E-state index contributed by atoms with van der Waals surface area (Å²) >= 11 is 0. The molecule has 2 rings (SSSR count). The van der Waals surface area contributed by atoms with E-state index in [1.807, 2.05) is 0 Å². The second kappa shape index (κ2) is 3.89. The van der Waals surface area contributed by atoms with Gasteiger partial charge in [0.15, 0.2) is 9.84 Å². The van der Waals surface area contributed by atoms with Crippen LogP contribution in [0.3, 0.4) is 0 Å². The van der Waals surface area contributed by atoms with Crippen molar-refractivity contribution in [1.29, 1.82) is 0 Å². The van der Waals surface area contributed by atoms with E-state index in [4.69, 9.17) is 0 Å². The average molecular weight is 244 g/mol. The van der Waals surface area contributed by atoms with Gasteiger partial charge in [-0.05, 0) is 6.42 Å². The first-order valence-electron chi connectivity index (χ1n) is 4.85. The van der Waals surface area contributed by atoms with Gasteiger partial charge in [0.25, 0.3) is 0 Å². The number of hydrogen-bond donors (Lipinski definition) is 1. The van der Waals surface area contributed by atoms with E-state index < -0.39 is 15.8 Å². The molecule has 7 heteroatoms. The summed E-state index contributed by atoms with van der Waals surface area (Å²) in [7, 11) is -1.66. The lowest BCUT2D eigenvalue weighted by atomic mass is 10.1. The Kier molecular flexibility index (Phi) is 2.71. The molecule has 1 aromatic heterocycles. The van der Waals surface area contributed by atoms with Crippen LogP contribution in [0.25, 0.3) is 0 Å². The number of methoxy groups -OCH3 is 1. The van der Waals surface area contributed by atoms with Crippen molar-refractivity contribution in [1.82, 2.24) is 9.97 Å². The van der Waals surface area contributed by atoms with Crippen molar-refractivity contribution in [3.05, 3.63) is 17.7 Å². The summed E-state index contributed by atoms with van der Waals surface area (Å²) in [6.07, 6.45) is 1.92. The number of carbonyl (C=O) groups excluding carboxylic acids is 1. The van der Waals surface area contributed by atoms with E-state index in [1.54, 1.807) is 0 Å². The van der Waals surface area contributed by atoms with Crippen molar-refractivity contribution in [2.75, 3.05) is 18.6 Å². The molecule has 0 radical (unpaired) electrons. The third-order valence-corrected chi connectivity index (χ3v) is 4.39. The zero-order valence-electron chi connectivity index (χ0n) is 8.76. The molecule has 1 saturated heterocycles. The minimum Gasteiger partial charge on any atom is -0.464 e. The van der Waals surface area contributed by atoms with Gasteiger partial charge >= 0.3 is 5.97 Å². The van der Waals surface area contributed by atoms with Crippen LogP contribution in [0.15, 0.2) is 6.20 Å². The number of sulfone groups is 1. The fraction of sp³-hybridized carbons (Fsp3) is 0.556. The van der Waals surface area contributed by atoms with Gasteiger partial charge in [-0.25, -0.2) is 18.2 Å². The van der Waals surface area contributed by atoms with Gasteiger partial charge in [0.2, 0.25) is 0 Å². The van der Waals surface area contributed by atoms with Crippen molar-refractivity contribution in [2.45, 2.75) is 12.3 Å². The van der Waals surface area contributed by atoms with Gasteiger partial charge in [-0.2, -0.15) is 0 Å². The molecule has 1 aliphatic rings. The average Bonchev–Trinajstić information content (AvgIpc) is 2.83. The molecule has 0 bridgehead atoms. The monoisotopic (exact) mass is 244 g/mol. The molecule has 88 valence electrons. The maximum absolute atomic E-state index is 11.3. The number of nitrogens with zero attached hydrogens (tertiary/aromatic N) is 1. The Bertz CT molecular complexity index is 505. The molecular weight excluding hydrogens is 232 g/mol. The molecule has 0 amide bonds. The molecule has 16 heavy (non-hydrogen) atoms. The molecule has 6 nitrogen and oxygen atoms in total. The summed E-state index contributed by atoms with van der Waals surface area (Å²) in [6, 6.07) is 0. The van der Waals surface area contributed by atoms with Crippen molar-refractivity contribution in [3.63, 3.8) is 0 Å². The smallest absolute Gasteiger partial charge is 0.356 e. The predicted molar refractivity (Wildman–Crippen MR) is 55.9 cm³/mol. The first-order valence-corrected chi connectivity index (χ1v) is 6.67. The van der Waals surface area contributed by atoms with Gasteiger partial charge < -0.3 is 9.72 Å². The highest BCUT2D eigenvalue weighted by Crippen LogP contribution is 2.26. The molecule has 0 spiro atoms. The molecule has 0 aromatic carbocycles. The van der Waals surface area contributed by atoms with Gasteiger partial charge in [0, 0.05) is 5.92 Å². The second-order valence-corrected chi connectivity index (χ2v) is 6.00. The standard InChI is InChI=1S/C9H12N2O4S/c1-15-9(12)7-4-10-8(11-7)6-2-3-16(13,14)5-6/h4,6H,2-3,5H2,1H3,(H,10,11). The number of rotatable bonds is 2. The first kappa shape index (κ1) is 11.1. The number of imidazole rings is 1. The fourth-order valence-electron chi connectivity index (χ4n) is 1.77. The lowest BCUT2D eigenvalue weighted by molar-refractivity contribution is 0.0594. The fourth-order valence-corrected chi connectivity index (χ4v) is 3.52. The summed E-state index contributed by atoms with van der Waals surface area (Å²) in [5.74, 6) is 0.192. The van der Waals surface area contributed by atoms with Crippen molar-refractivity contribution < 1.29 is 17.9 Å². The van der Waals surface area contributed by atoms with Crippen molar-refractivity contribution >= 4 is 15.8 Å². The lowest BCUT2D eigenvalue weighted by Crippen LogP contribution is -2.06. The number of carbonyl (C=O) groups is 1. The Balaban J connectivity index is 2.17. The van der Waals surface area contributed by atoms with Crippen LogP contribution in [-0.4, -0.2) is 43.0 Å². The molecule has 1 unspecified atom stereocenters. The zero-order chi connectivity index (χ0) is 11.8. The van der Waals surface area contributed by atoms with Gasteiger partial charge in [0.1, 0.15) is 11.5 Å². The van der Waals surface area contributed by atoms with Crippen molar-refractivity contribution in [3.8, 4) is 0 Å². The van der Waals surface area contributed by atoms with Gasteiger partial charge in [-0.15, -0.1) is 0 Å². The van der Waals surface area contributed by atoms with E-state index in [-0.39, 0.29) is 23.1 Å². The Morgan fingerprint density at radius 2 is 2.38 bits per heavy atom. The van der Waals surface area contributed by atoms with Crippen LogP contribution < -0.4 is 0 Å². The minimum absolute atomic E-state index is 0.0983. The van der Waals surface area contributed by atoms with Gasteiger partial charge in [-0.3, -0.25) is 0 Å². The van der Waals surface area contributed by atoms with Gasteiger partial charge in [-0.1, -0.05) is 0 Å². The van der Waals surface area contributed by atoms with E-state index >= 15 is 0 Å². The molecule has 1 N–H and O–H groups in total. The van der Waals surface area contributed by atoms with E-state index in [0.29, 0.717) is 12.2 Å². The summed E-state index contributed by atoms with van der Waals surface area (Å²) in [5.41, 5.74) is 0.252. The molecule has 1 fully saturated rings. The van der Waals surface area contributed by atoms with Gasteiger partial charge in [0.05, 0.1) is 24.8 Å². The maximum Gasteiger partial charge on any atom is 0.356 e. The molecular formula is C9H12N2O4S. The number of aromatic nitrogens is 2. The Hall–Kier alpha value is -1.37. The Labute approximate surface area is 92.9 Å². The molecule has 0 aliphatic carbocycles. The number of H-pyrrole nitrogens is 1. The molecule has 2 heterocycles.